The molecule has 4 nitrogen and oxygen atoms in total. The first-order valence-corrected chi connectivity index (χ1v) is 7.22. The van der Waals surface area contributed by atoms with E-state index in [-0.39, 0.29) is 11.8 Å². The lowest BCUT2D eigenvalue weighted by Gasteiger charge is -2.15. The van der Waals surface area contributed by atoms with Crippen molar-refractivity contribution in [2.45, 2.75) is 26.2 Å². The number of rotatable bonds is 3. The molecule has 0 fully saturated rings. The normalized spacial score (nSPS) is 17.7. The van der Waals surface area contributed by atoms with E-state index in [1.807, 2.05) is 31.2 Å². The van der Waals surface area contributed by atoms with E-state index in [0.717, 1.165) is 30.5 Å². The van der Waals surface area contributed by atoms with Gasteiger partial charge in [-0.25, -0.2) is 0 Å². The highest BCUT2D eigenvalue weighted by atomic mass is 16.5. The van der Waals surface area contributed by atoms with Gasteiger partial charge >= 0.3 is 0 Å². The number of allylic oxidation sites excluding steroid dienone is 2. The van der Waals surface area contributed by atoms with E-state index < -0.39 is 0 Å². The zero-order valence-electron chi connectivity index (χ0n) is 12.0. The minimum absolute atomic E-state index is 0.00551. The van der Waals surface area contributed by atoms with Crippen LogP contribution in [0, 0.1) is 12.8 Å². The molecule has 0 radical (unpaired) electrons. The topological polar surface area (TPSA) is 55.1 Å². The average Bonchev–Trinajstić information content (AvgIpc) is 2.97. The van der Waals surface area contributed by atoms with E-state index >= 15 is 0 Å². The number of nitrogens with one attached hydrogen (secondary N) is 1. The van der Waals surface area contributed by atoms with Crippen molar-refractivity contribution in [3.05, 3.63) is 48.0 Å². The second-order valence-corrected chi connectivity index (χ2v) is 5.41. The largest absolute Gasteiger partial charge is 0.338 e. The molecule has 2 aromatic rings. The van der Waals surface area contributed by atoms with Crippen molar-refractivity contribution in [1.29, 1.82) is 0 Å². The van der Waals surface area contributed by atoms with Gasteiger partial charge in [-0.05, 0) is 26.2 Å². The van der Waals surface area contributed by atoms with E-state index in [0.29, 0.717) is 5.88 Å². The van der Waals surface area contributed by atoms with Crippen molar-refractivity contribution in [3.63, 3.8) is 0 Å². The Morgan fingerprint density at radius 1 is 1.29 bits per heavy atom. The highest BCUT2D eigenvalue weighted by Crippen LogP contribution is 2.24. The Morgan fingerprint density at radius 2 is 2.10 bits per heavy atom. The second-order valence-electron chi connectivity index (χ2n) is 5.41. The lowest BCUT2D eigenvalue weighted by Crippen LogP contribution is -2.23. The molecule has 1 N–H and O–H groups in total. The van der Waals surface area contributed by atoms with Crippen LogP contribution in [-0.4, -0.2) is 11.1 Å². The molecule has 1 aromatic carbocycles. The SMILES string of the molecule is Cc1ccc(-c2cc(NC(=O)[C@@H]3CC=CCC3)on2)cc1. The molecule has 1 aliphatic carbocycles. The van der Waals surface area contributed by atoms with Gasteiger partial charge in [0.1, 0.15) is 5.69 Å². The van der Waals surface area contributed by atoms with Crippen LogP contribution in [0.1, 0.15) is 24.8 Å². The molecule has 1 amide bonds. The summed E-state index contributed by atoms with van der Waals surface area (Å²) in [6.07, 6.45) is 6.83. The Morgan fingerprint density at radius 3 is 2.81 bits per heavy atom. The van der Waals surface area contributed by atoms with Gasteiger partial charge in [0.25, 0.3) is 0 Å². The van der Waals surface area contributed by atoms with Crippen molar-refractivity contribution in [2.24, 2.45) is 5.92 Å². The molecule has 21 heavy (non-hydrogen) atoms. The third-order valence-electron chi connectivity index (χ3n) is 3.74. The highest BCUT2D eigenvalue weighted by molar-refractivity contribution is 5.91. The number of benzene rings is 1. The quantitative estimate of drug-likeness (QED) is 0.867. The number of amides is 1. The summed E-state index contributed by atoms with van der Waals surface area (Å²) in [6, 6.07) is 9.80. The summed E-state index contributed by atoms with van der Waals surface area (Å²) in [5.41, 5.74) is 2.90. The van der Waals surface area contributed by atoms with Crippen molar-refractivity contribution in [1.82, 2.24) is 5.16 Å². The van der Waals surface area contributed by atoms with Gasteiger partial charge in [0, 0.05) is 17.5 Å². The van der Waals surface area contributed by atoms with E-state index in [1.54, 1.807) is 6.07 Å². The van der Waals surface area contributed by atoms with Crippen molar-refractivity contribution in [3.8, 4) is 11.3 Å². The first-order chi connectivity index (χ1) is 10.2. The summed E-state index contributed by atoms with van der Waals surface area (Å²) in [5, 5.41) is 6.82. The van der Waals surface area contributed by atoms with Crippen LogP contribution in [0.15, 0.2) is 47.0 Å². The van der Waals surface area contributed by atoms with Gasteiger partial charge in [0.2, 0.25) is 11.8 Å². The molecule has 0 aliphatic heterocycles. The maximum atomic E-state index is 12.1. The van der Waals surface area contributed by atoms with Crippen LogP contribution in [0.25, 0.3) is 11.3 Å². The van der Waals surface area contributed by atoms with Gasteiger partial charge in [-0.15, -0.1) is 0 Å². The molecule has 0 saturated carbocycles. The molecule has 0 unspecified atom stereocenters. The minimum atomic E-state index is 0.00551. The molecular weight excluding hydrogens is 264 g/mol. The molecule has 0 bridgehead atoms. The number of aromatic nitrogens is 1. The molecule has 1 heterocycles. The number of aryl methyl sites for hydroxylation is 1. The molecule has 0 spiro atoms. The maximum Gasteiger partial charge on any atom is 0.231 e. The first-order valence-electron chi connectivity index (χ1n) is 7.22. The van der Waals surface area contributed by atoms with E-state index in [1.165, 1.54) is 5.56 Å². The Labute approximate surface area is 123 Å². The Kier molecular flexibility index (Phi) is 3.86. The van der Waals surface area contributed by atoms with Gasteiger partial charge in [0.05, 0.1) is 0 Å². The summed E-state index contributed by atoms with van der Waals surface area (Å²) in [6.45, 7) is 2.04. The van der Waals surface area contributed by atoms with E-state index in [2.05, 4.69) is 22.6 Å². The molecule has 0 saturated heterocycles. The van der Waals surface area contributed by atoms with E-state index in [9.17, 15) is 4.79 Å². The van der Waals surface area contributed by atoms with Crippen LogP contribution in [0.3, 0.4) is 0 Å². The third-order valence-corrected chi connectivity index (χ3v) is 3.74. The van der Waals surface area contributed by atoms with Crippen molar-refractivity contribution >= 4 is 11.8 Å². The summed E-state index contributed by atoms with van der Waals surface area (Å²) in [5.74, 6) is 0.444. The molecule has 108 valence electrons. The summed E-state index contributed by atoms with van der Waals surface area (Å²) >= 11 is 0. The number of nitrogens with zero attached hydrogens (tertiary/aromatic N) is 1. The average molecular weight is 282 g/mol. The number of carbonyl (C=O) groups excluding carboxylic acids is 1. The fourth-order valence-electron chi connectivity index (χ4n) is 2.45. The Bertz CT molecular complexity index is 656. The van der Waals surface area contributed by atoms with Crippen LogP contribution >= 0.6 is 0 Å². The summed E-state index contributed by atoms with van der Waals surface area (Å²) in [7, 11) is 0. The molecule has 3 rings (SSSR count). The number of hydrogen-bond acceptors (Lipinski definition) is 3. The van der Waals surface area contributed by atoms with Crippen LogP contribution in [0.5, 0.6) is 0 Å². The second kappa shape index (κ2) is 5.95. The minimum Gasteiger partial charge on any atom is -0.338 e. The van der Waals surface area contributed by atoms with Crippen LogP contribution in [0.2, 0.25) is 0 Å². The number of carbonyl (C=O) groups is 1. The summed E-state index contributed by atoms with van der Waals surface area (Å²) in [4.78, 5) is 12.1. The van der Waals surface area contributed by atoms with Gasteiger partial charge in [0.15, 0.2) is 0 Å². The van der Waals surface area contributed by atoms with Crippen LogP contribution < -0.4 is 5.32 Å². The van der Waals surface area contributed by atoms with Crippen LogP contribution in [0.4, 0.5) is 5.88 Å². The molecule has 4 heteroatoms. The van der Waals surface area contributed by atoms with Crippen LogP contribution in [-0.2, 0) is 4.79 Å². The van der Waals surface area contributed by atoms with Gasteiger partial charge < -0.3 is 4.52 Å². The monoisotopic (exact) mass is 282 g/mol. The predicted molar refractivity (Wildman–Crippen MR) is 81.8 cm³/mol. The third kappa shape index (κ3) is 3.21. The van der Waals surface area contributed by atoms with Gasteiger partial charge in [-0.1, -0.05) is 47.1 Å². The lowest BCUT2D eigenvalue weighted by atomic mass is 9.94. The summed E-state index contributed by atoms with van der Waals surface area (Å²) < 4.78 is 5.21. The molecule has 1 atom stereocenters. The van der Waals surface area contributed by atoms with Gasteiger partial charge in [-0.2, -0.15) is 0 Å². The Balaban J connectivity index is 1.68. The molecular formula is C17H18N2O2. The zero-order valence-corrected chi connectivity index (χ0v) is 12.0. The highest BCUT2D eigenvalue weighted by Gasteiger charge is 2.20. The zero-order chi connectivity index (χ0) is 14.7. The fourth-order valence-corrected chi connectivity index (χ4v) is 2.45. The predicted octanol–water partition coefficient (Wildman–Crippen LogP) is 3.94. The standard InChI is InChI=1S/C17H18N2O2/c1-12-7-9-13(10-8-12)15-11-16(21-19-15)18-17(20)14-5-3-2-4-6-14/h2-3,7-11,14H,4-6H2,1H3,(H,18,20)/t14-/m1/s1. The molecule has 1 aromatic heterocycles. The molecule has 1 aliphatic rings. The van der Waals surface area contributed by atoms with Gasteiger partial charge in [-0.3, -0.25) is 10.1 Å². The smallest absolute Gasteiger partial charge is 0.231 e. The number of anilines is 1. The lowest BCUT2D eigenvalue weighted by molar-refractivity contribution is -0.120. The number of hydrogen-bond donors (Lipinski definition) is 1. The Hall–Kier alpha value is -2.36. The first kappa shape index (κ1) is 13.6. The van der Waals surface area contributed by atoms with Crippen molar-refractivity contribution < 1.29 is 9.32 Å². The van der Waals surface area contributed by atoms with Crippen molar-refractivity contribution in [2.75, 3.05) is 5.32 Å². The fraction of sp³-hybridized carbons (Fsp3) is 0.294. The van der Waals surface area contributed by atoms with E-state index in [4.69, 9.17) is 4.52 Å². The maximum absolute atomic E-state index is 12.1.